The van der Waals surface area contributed by atoms with Crippen LogP contribution in [0.15, 0.2) is 24.7 Å². The van der Waals surface area contributed by atoms with Crippen molar-refractivity contribution in [1.29, 1.82) is 0 Å². The summed E-state index contributed by atoms with van der Waals surface area (Å²) >= 11 is 0. The van der Waals surface area contributed by atoms with Gasteiger partial charge in [0.1, 0.15) is 0 Å². The molecule has 1 saturated carbocycles. The summed E-state index contributed by atoms with van der Waals surface area (Å²) in [6.45, 7) is 0.575. The number of aromatic nitrogens is 4. The van der Waals surface area contributed by atoms with E-state index in [0.29, 0.717) is 12.8 Å². The minimum absolute atomic E-state index is 0.0982. The van der Waals surface area contributed by atoms with E-state index in [1.807, 2.05) is 22.9 Å². The molecule has 150 valence electrons. The van der Waals surface area contributed by atoms with Gasteiger partial charge in [0.05, 0.1) is 24.8 Å². The Bertz CT molecular complexity index is 1150. The number of nitrogens with one attached hydrogen (secondary N) is 2. The van der Waals surface area contributed by atoms with Gasteiger partial charge in [0.25, 0.3) is 16.1 Å². The van der Waals surface area contributed by atoms with Crippen molar-refractivity contribution in [3.63, 3.8) is 0 Å². The summed E-state index contributed by atoms with van der Waals surface area (Å²) in [6.07, 6.45) is 6.57. The number of aromatic amines is 1. The predicted octanol–water partition coefficient (Wildman–Crippen LogP) is 1.88. The number of hydrogen-bond donors (Lipinski definition) is 2. The van der Waals surface area contributed by atoms with Crippen LogP contribution in [0.2, 0.25) is 0 Å². The van der Waals surface area contributed by atoms with Gasteiger partial charge in [-0.25, -0.2) is 18.7 Å². The van der Waals surface area contributed by atoms with Crippen molar-refractivity contribution in [2.24, 2.45) is 5.92 Å². The van der Waals surface area contributed by atoms with Crippen LogP contribution in [-0.4, -0.2) is 57.1 Å². The van der Waals surface area contributed by atoms with Crippen molar-refractivity contribution < 1.29 is 17.2 Å². The van der Waals surface area contributed by atoms with Crippen LogP contribution in [0.1, 0.15) is 31.4 Å². The Kier molecular flexibility index (Phi) is 3.81. The van der Waals surface area contributed by atoms with E-state index in [-0.39, 0.29) is 17.9 Å². The lowest BCUT2D eigenvalue weighted by Gasteiger charge is -2.37. The first-order valence-corrected chi connectivity index (χ1v) is 10.6. The molecule has 2 aliphatic rings. The van der Waals surface area contributed by atoms with E-state index in [2.05, 4.69) is 26.6 Å². The third kappa shape index (κ3) is 2.80. The van der Waals surface area contributed by atoms with E-state index in [1.54, 1.807) is 6.20 Å². The summed E-state index contributed by atoms with van der Waals surface area (Å²) in [5.74, 6) is -2.61. The molecule has 3 aromatic heterocycles. The van der Waals surface area contributed by atoms with E-state index in [1.165, 1.54) is 0 Å². The van der Waals surface area contributed by atoms with Crippen molar-refractivity contribution in [2.75, 3.05) is 13.1 Å². The summed E-state index contributed by atoms with van der Waals surface area (Å²) < 4.78 is 56.3. The molecule has 1 aliphatic heterocycles. The Morgan fingerprint density at radius 3 is 2.79 bits per heavy atom. The second-order valence-electron chi connectivity index (χ2n) is 7.85. The number of nitrogens with zero attached hydrogens (tertiary/aromatic N) is 4. The molecule has 1 aliphatic carbocycles. The predicted molar refractivity (Wildman–Crippen MR) is 98.3 cm³/mol. The van der Waals surface area contributed by atoms with E-state index in [9.17, 15) is 17.2 Å². The molecule has 0 bridgehead atoms. The molecule has 0 radical (unpaired) electrons. The van der Waals surface area contributed by atoms with Gasteiger partial charge in [0.2, 0.25) is 0 Å². The van der Waals surface area contributed by atoms with Gasteiger partial charge in [-0.3, -0.25) is 4.40 Å². The summed E-state index contributed by atoms with van der Waals surface area (Å²) in [5.41, 5.74) is 3.42. The summed E-state index contributed by atoms with van der Waals surface area (Å²) in [4.78, 5) is 11.9. The molecule has 3 atom stereocenters. The molecule has 8 nitrogen and oxygen atoms in total. The Morgan fingerprint density at radius 2 is 2.04 bits per heavy atom. The third-order valence-electron chi connectivity index (χ3n) is 5.80. The van der Waals surface area contributed by atoms with Gasteiger partial charge >= 0.3 is 0 Å². The lowest BCUT2D eigenvalue weighted by Crippen LogP contribution is -2.61. The van der Waals surface area contributed by atoms with Crippen molar-refractivity contribution in [2.45, 2.75) is 37.6 Å². The zero-order valence-corrected chi connectivity index (χ0v) is 16.0. The van der Waals surface area contributed by atoms with Crippen LogP contribution in [0, 0.1) is 5.92 Å². The highest BCUT2D eigenvalue weighted by molar-refractivity contribution is 7.87. The Balaban J connectivity index is 1.40. The number of alkyl halides is 2. The van der Waals surface area contributed by atoms with E-state index in [4.69, 9.17) is 0 Å². The second-order valence-corrected chi connectivity index (χ2v) is 9.55. The highest BCUT2D eigenvalue weighted by Gasteiger charge is 2.50. The van der Waals surface area contributed by atoms with Crippen LogP contribution in [0.3, 0.4) is 0 Å². The molecular formula is C17H20F2N6O2S. The van der Waals surface area contributed by atoms with Crippen molar-refractivity contribution in [3.05, 3.63) is 30.4 Å². The number of halogens is 2. The number of H-pyrrole nitrogens is 1. The first kappa shape index (κ1) is 18.0. The highest BCUT2D eigenvalue weighted by Crippen LogP contribution is 2.41. The molecule has 0 amide bonds. The first-order valence-electron chi connectivity index (χ1n) is 9.18. The molecule has 11 heteroatoms. The molecule has 2 N–H and O–H groups in total. The van der Waals surface area contributed by atoms with Crippen LogP contribution >= 0.6 is 0 Å². The zero-order valence-electron chi connectivity index (χ0n) is 15.1. The summed E-state index contributed by atoms with van der Waals surface area (Å²) in [6, 6.07) is 1.64. The van der Waals surface area contributed by atoms with Crippen molar-refractivity contribution in [3.8, 4) is 0 Å². The molecule has 5 rings (SSSR count). The maximum Gasteiger partial charge on any atom is 0.280 e. The second kappa shape index (κ2) is 5.94. The topological polar surface area (TPSA) is 95.4 Å². The fraction of sp³-hybridized carbons (Fsp3) is 0.529. The number of imidazole rings is 1. The molecule has 3 aromatic rings. The first-order chi connectivity index (χ1) is 13.2. The van der Waals surface area contributed by atoms with Gasteiger partial charge in [0, 0.05) is 30.0 Å². The zero-order chi connectivity index (χ0) is 19.7. The number of hydrogen-bond acceptors (Lipinski definition) is 4. The van der Waals surface area contributed by atoms with Crippen LogP contribution in [0.4, 0.5) is 8.78 Å². The van der Waals surface area contributed by atoms with Crippen LogP contribution in [0.25, 0.3) is 16.8 Å². The van der Waals surface area contributed by atoms with Crippen LogP contribution < -0.4 is 4.72 Å². The molecule has 0 aromatic carbocycles. The maximum absolute atomic E-state index is 13.0. The SMILES string of the molecule is C[C@@H]1C[C@H](NS(=O)(=O)N2CC(F)(F)C2)C[C@@H]1c1cnc2cnc3[nH]ccc3n12. The molecular weight excluding hydrogens is 390 g/mol. The third-order valence-corrected chi connectivity index (χ3v) is 7.37. The van der Waals surface area contributed by atoms with E-state index in [0.717, 1.165) is 26.8 Å². The van der Waals surface area contributed by atoms with Gasteiger partial charge in [0.15, 0.2) is 11.3 Å². The fourth-order valence-electron chi connectivity index (χ4n) is 4.44. The van der Waals surface area contributed by atoms with Gasteiger partial charge in [-0.15, -0.1) is 0 Å². The summed E-state index contributed by atoms with van der Waals surface area (Å²) in [5, 5.41) is 0. The molecule has 4 heterocycles. The highest BCUT2D eigenvalue weighted by atomic mass is 32.2. The fourth-order valence-corrected chi connectivity index (χ4v) is 5.92. The molecule has 28 heavy (non-hydrogen) atoms. The van der Waals surface area contributed by atoms with E-state index >= 15 is 0 Å². The summed E-state index contributed by atoms with van der Waals surface area (Å²) in [7, 11) is -3.90. The lowest BCUT2D eigenvalue weighted by atomic mass is 9.95. The quantitative estimate of drug-likeness (QED) is 0.687. The molecule has 0 unspecified atom stereocenters. The Labute approximate surface area is 160 Å². The molecule has 2 fully saturated rings. The normalized spacial score (nSPS) is 28.2. The molecule has 1 saturated heterocycles. The molecule has 0 spiro atoms. The van der Waals surface area contributed by atoms with Crippen LogP contribution in [0.5, 0.6) is 0 Å². The number of rotatable bonds is 4. The smallest absolute Gasteiger partial charge is 0.280 e. The minimum Gasteiger partial charge on any atom is -0.345 e. The Morgan fingerprint density at radius 1 is 1.25 bits per heavy atom. The van der Waals surface area contributed by atoms with Gasteiger partial charge in [-0.2, -0.15) is 17.4 Å². The maximum atomic E-state index is 13.0. The Hall–Kier alpha value is -2.11. The van der Waals surface area contributed by atoms with E-state index < -0.39 is 29.2 Å². The van der Waals surface area contributed by atoms with Crippen molar-refractivity contribution >= 4 is 27.0 Å². The average molecular weight is 410 g/mol. The average Bonchev–Trinajstić information content (AvgIpc) is 3.29. The number of fused-ring (bicyclic) bond motifs is 3. The monoisotopic (exact) mass is 410 g/mol. The van der Waals surface area contributed by atoms with Gasteiger partial charge < -0.3 is 4.98 Å². The minimum atomic E-state index is -3.90. The lowest BCUT2D eigenvalue weighted by molar-refractivity contribution is -0.0950. The van der Waals surface area contributed by atoms with Crippen molar-refractivity contribution in [1.82, 2.24) is 28.4 Å². The van der Waals surface area contributed by atoms with Crippen LogP contribution in [-0.2, 0) is 10.2 Å². The standard InChI is InChI=1S/C17H20F2N6O2S/c1-10-4-11(23-28(26,27)24-8-17(18,19)9-24)5-12(10)14-6-21-15-7-22-16-13(25(14)15)2-3-20-16/h2-3,6-7,10-12,20,23H,4-5,8-9H2,1H3/t10-,11+,12+/m1/s1. The van der Waals surface area contributed by atoms with Gasteiger partial charge in [-0.05, 0) is 24.8 Å². The van der Waals surface area contributed by atoms with Gasteiger partial charge in [-0.1, -0.05) is 6.92 Å². The largest absolute Gasteiger partial charge is 0.345 e.